The number of hydrogen-bond donors (Lipinski definition) is 0. The van der Waals surface area contributed by atoms with E-state index in [0.717, 1.165) is 42.7 Å². The standard InChI is InChI=1S/C32H39F/c1-3-7-31-21-16-27(23-32(31)33)11-10-25-12-17-29(18-13-25)30-19-14-26(15-20-30)22-24(2)28-8-5-4-6-9-28/h4-6,8-9,14-16,19-21,23-25,29H,3,7,10-13,17-18,22H2,1-2H3/t24-,25?,29?/m0/s1. The van der Waals surface area contributed by atoms with Crippen LogP contribution in [0.3, 0.4) is 0 Å². The molecule has 1 atom stereocenters. The Kier molecular flexibility index (Phi) is 8.37. The third-order valence-electron chi connectivity index (χ3n) is 7.69. The highest BCUT2D eigenvalue weighted by Crippen LogP contribution is 2.38. The van der Waals surface area contributed by atoms with Gasteiger partial charge in [0, 0.05) is 0 Å². The zero-order valence-corrected chi connectivity index (χ0v) is 20.4. The molecular formula is C32H39F. The third kappa shape index (κ3) is 6.56. The molecule has 3 aromatic carbocycles. The minimum atomic E-state index is -0.0142. The average molecular weight is 443 g/mol. The van der Waals surface area contributed by atoms with Crippen molar-refractivity contribution in [1.29, 1.82) is 0 Å². The van der Waals surface area contributed by atoms with Crippen LogP contribution >= 0.6 is 0 Å². The molecular weight excluding hydrogens is 403 g/mol. The quantitative estimate of drug-likeness (QED) is 0.310. The number of rotatable bonds is 9. The Morgan fingerprint density at radius 3 is 2.18 bits per heavy atom. The van der Waals surface area contributed by atoms with Crippen LogP contribution in [0.15, 0.2) is 72.8 Å². The molecule has 0 aliphatic heterocycles. The SMILES string of the molecule is CCCc1ccc(CCC2CCC(c3ccc(C[C@H](C)c4ccccc4)cc3)CC2)cc1F. The monoisotopic (exact) mass is 442 g/mol. The van der Waals surface area contributed by atoms with E-state index in [9.17, 15) is 4.39 Å². The molecule has 1 heteroatoms. The van der Waals surface area contributed by atoms with Crippen molar-refractivity contribution in [3.8, 4) is 0 Å². The minimum Gasteiger partial charge on any atom is -0.207 e. The summed E-state index contributed by atoms with van der Waals surface area (Å²) < 4.78 is 14.2. The van der Waals surface area contributed by atoms with Gasteiger partial charge in [0.25, 0.3) is 0 Å². The maximum atomic E-state index is 14.2. The van der Waals surface area contributed by atoms with Crippen LogP contribution in [0.1, 0.15) is 92.0 Å². The first-order valence-electron chi connectivity index (χ1n) is 13.0. The molecule has 0 heterocycles. The summed E-state index contributed by atoms with van der Waals surface area (Å²) in [6.45, 7) is 4.42. The first kappa shape index (κ1) is 23.7. The van der Waals surface area contributed by atoms with E-state index >= 15 is 0 Å². The number of benzene rings is 3. The van der Waals surface area contributed by atoms with Gasteiger partial charge in [-0.3, -0.25) is 0 Å². The Morgan fingerprint density at radius 2 is 1.52 bits per heavy atom. The molecule has 0 N–H and O–H groups in total. The van der Waals surface area contributed by atoms with Gasteiger partial charge in [0.15, 0.2) is 0 Å². The Balaban J connectivity index is 1.24. The first-order valence-corrected chi connectivity index (χ1v) is 13.0. The zero-order chi connectivity index (χ0) is 23.0. The van der Waals surface area contributed by atoms with Gasteiger partial charge in [-0.05, 0) is 103 Å². The van der Waals surface area contributed by atoms with Gasteiger partial charge >= 0.3 is 0 Å². The van der Waals surface area contributed by atoms with Crippen molar-refractivity contribution < 1.29 is 4.39 Å². The van der Waals surface area contributed by atoms with Crippen LogP contribution in [0.2, 0.25) is 0 Å². The van der Waals surface area contributed by atoms with Crippen LogP contribution in [-0.2, 0) is 19.3 Å². The smallest absolute Gasteiger partial charge is 0.126 e. The average Bonchev–Trinajstić information content (AvgIpc) is 2.86. The van der Waals surface area contributed by atoms with E-state index in [-0.39, 0.29) is 5.82 Å². The molecule has 174 valence electrons. The lowest BCUT2D eigenvalue weighted by Crippen LogP contribution is -2.14. The molecule has 0 saturated heterocycles. The van der Waals surface area contributed by atoms with E-state index in [1.807, 2.05) is 6.07 Å². The predicted octanol–water partition coefficient (Wildman–Crippen LogP) is 9.03. The molecule has 3 aromatic rings. The lowest BCUT2D eigenvalue weighted by atomic mass is 9.76. The summed E-state index contributed by atoms with van der Waals surface area (Å²) in [5.74, 6) is 2.02. The van der Waals surface area contributed by atoms with Crippen LogP contribution in [-0.4, -0.2) is 0 Å². The number of aryl methyl sites for hydroxylation is 2. The molecule has 4 rings (SSSR count). The summed E-state index contributed by atoms with van der Waals surface area (Å²) in [5.41, 5.74) is 6.38. The van der Waals surface area contributed by atoms with Crippen LogP contribution in [0.5, 0.6) is 0 Å². The second kappa shape index (κ2) is 11.6. The van der Waals surface area contributed by atoms with E-state index in [2.05, 4.69) is 74.5 Å². The van der Waals surface area contributed by atoms with Gasteiger partial charge in [0.2, 0.25) is 0 Å². The number of hydrogen-bond acceptors (Lipinski definition) is 0. The molecule has 1 aliphatic carbocycles. The van der Waals surface area contributed by atoms with Gasteiger partial charge in [0.05, 0.1) is 0 Å². The van der Waals surface area contributed by atoms with Crippen molar-refractivity contribution in [3.05, 3.63) is 106 Å². The third-order valence-corrected chi connectivity index (χ3v) is 7.69. The largest absolute Gasteiger partial charge is 0.207 e. The highest BCUT2D eigenvalue weighted by Gasteiger charge is 2.22. The van der Waals surface area contributed by atoms with Crippen LogP contribution in [0.25, 0.3) is 0 Å². The molecule has 0 spiro atoms. The van der Waals surface area contributed by atoms with E-state index < -0.39 is 0 Å². The lowest BCUT2D eigenvalue weighted by Gasteiger charge is -2.29. The predicted molar refractivity (Wildman–Crippen MR) is 138 cm³/mol. The van der Waals surface area contributed by atoms with Crippen molar-refractivity contribution >= 4 is 0 Å². The highest BCUT2D eigenvalue weighted by molar-refractivity contribution is 5.29. The first-order chi connectivity index (χ1) is 16.1. The molecule has 0 amide bonds. The molecule has 0 unspecified atom stereocenters. The maximum absolute atomic E-state index is 14.2. The molecule has 0 radical (unpaired) electrons. The van der Waals surface area contributed by atoms with Crippen molar-refractivity contribution in [2.45, 2.75) is 83.5 Å². The fourth-order valence-corrected chi connectivity index (χ4v) is 5.55. The maximum Gasteiger partial charge on any atom is 0.126 e. The normalized spacial score (nSPS) is 19.4. The second-order valence-electron chi connectivity index (χ2n) is 10.2. The van der Waals surface area contributed by atoms with Gasteiger partial charge in [0.1, 0.15) is 5.82 Å². The highest BCUT2D eigenvalue weighted by atomic mass is 19.1. The van der Waals surface area contributed by atoms with Crippen LogP contribution in [0, 0.1) is 11.7 Å². The molecule has 1 fully saturated rings. The molecule has 1 saturated carbocycles. The van der Waals surface area contributed by atoms with Crippen LogP contribution in [0.4, 0.5) is 4.39 Å². The fourth-order valence-electron chi connectivity index (χ4n) is 5.55. The molecule has 33 heavy (non-hydrogen) atoms. The summed E-state index contributed by atoms with van der Waals surface area (Å²) >= 11 is 0. The van der Waals surface area contributed by atoms with Crippen molar-refractivity contribution in [2.75, 3.05) is 0 Å². The Hall–Kier alpha value is -2.41. The fraction of sp³-hybridized carbons (Fsp3) is 0.438. The Labute approximate surface area is 200 Å². The summed E-state index contributed by atoms with van der Waals surface area (Å²) in [5, 5.41) is 0. The zero-order valence-electron chi connectivity index (χ0n) is 20.4. The summed E-state index contributed by atoms with van der Waals surface area (Å²) in [7, 11) is 0. The van der Waals surface area contributed by atoms with E-state index in [1.165, 1.54) is 48.8 Å². The molecule has 0 bridgehead atoms. The summed E-state index contributed by atoms with van der Waals surface area (Å²) in [4.78, 5) is 0. The van der Waals surface area contributed by atoms with Crippen molar-refractivity contribution in [1.82, 2.24) is 0 Å². The van der Waals surface area contributed by atoms with Gasteiger partial charge in [-0.1, -0.05) is 87.0 Å². The van der Waals surface area contributed by atoms with Gasteiger partial charge in [-0.2, -0.15) is 0 Å². The molecule has 0 aromatic heterocycles. The van der Waals surface area contributed by atoms with E-state index in [1.54, 1.807) is 6.07 Å². The Morgan fingerprint density at radius 1 is 0.818 bits per heavy atom. The van der Waals surface area contributed by atoms with Crippen molar-refractivity contribution in [2.24, 2.45) is 5.92 Å². The summed E-state index contributed by atoms with van der Waals surface area (Å²) in [6, 6.07) is 26.2. The summed E-state index contributed by atoms with van der Waals surface area (Å²) in [6.07, 6.45) is 10.3. The topological polar surface area (TPSA) is 0 Å². The van der Waals surface area contributed by atoms with Crippen molar-refractivity contribution in [3.63, 3.8) is 0 Å². The Bertz CT molecular complexity index is 981. The van der Waals surface area contributed by atoms with Gasteiger partial charge in [-0.25, -0.2) is 4.39 Å². The number of halogens is 1. The van der Waals surface area contributed by atoms with E-state index in [4.69, 9.17) is 0 Å². The lowest BCUT2D eigenvalue weighted by molar-refractivity contribution is 0.310. The van der Waals surface area contributed by atoms with Gasteiger partial charge < -0.3 is 0 Å². The molecule has 1 aliphatic rings. The van der Waals surface area contributed by atoms with Gasteiger partial charge in [-0.15, -0.1) is 0 Å². The van der Waals surface area contributed by atoms with Crippen LogP contribution < -0.4 is 0 Å². The van der Waals surface area contributed by atoms with E-state index in [0.29, 0.717) is 11.8 Å². The minimum absolute atomic E-state index is 0.0142. The molecule has 0 nitrogen and oxygen atoms in total. The second-order valence-corrected chi connectivity index (χ2v) is 10.2.